The molecule has 0 unspecified atom stereocenters. The summed E-state index contributed by atoms with van der Waals surface area (Å²) in [5, 5.41) is 1.12. The second-order valence-corrected chi connectivity index (χ2v) is 9.38. The van der Waals surface area contributed by atoms with E-state index in [1.807, 2.05) is 6.33 Å². The first-order valence-corrected chi connectivity index (χ1v) is 11.3. The van der Waals surface area contributed by atoms with Crippen LogP contribution in [0.5, 0.6) is 0 Å². The van der Waals surface area contributed by atoms with Crippen LogP contribution in [0.1, 0.15) is 67.9 Å². The standard InChI is InChI=1S/C27H32N5/c1-15(2)25-29-26(16(3)4)31-27(30-25)20-9-10-21-23(13-20)28-14-32(8)24(21)22-12-17(5)11-18(6)19(22)7/h9-16H,1-8H3/q+1. The monoisotopic (exact) mass is 426 g/mol. The fraction of sp³-hybridized carbons (Fsp3) is 0.370. The summed E-state index contributed by atoms with van der Waals surface area (Å²) in [6, 6.07) is 10.9. The Balaban J connectivity index is 1.93. The first-order valence-electron chi connectivity index (χ1n) is 11.3. The normalized spacial score (nSPS) is 11.7. The molecule has 0 N–H and O–H groups in total. The highest BCUT2D eigenvalue weighted by atomic mass is 15.0. The van der Waals surface area contributed by atoms with Crippen molar-refractivity contribution < 1.29 is 4.57 Å². The number of fused-ring (bicyclic) bond motifs is 1. The van der Waals surface area contributed by atoms with Gasteiger partial charge in [-0.25, -0.2) is 19.5 Å². The SMILES string of the molecule is Cc1cc(C)c(C)c(-c2c3ccc(-c4nc(C(C)C)nc(C(C)C)n4)cc3nc[n+]2C)c1. The lowest BCUT2D eigenvalue weighted by Gasteiger charge is -2.13. The molecule has 0 radical (unpaired) electrons. The highest BCUT2D eigenvalue weighted by molar-refractivity contribution is 5.93. The molecule has 0 amide bonds. The summed E-state index contributed by atoms with van der Waals surface area (Å²) in [7, 11) is 2.06. The van der Waals surface area contributed by atoms with Gasteiger partial charge in [-0.3, -0.25) is 0 Å². The van der Waals surface area contributed by atoms with E-state index in [9.17, 15) is 0 Å². The molecule has 2 aromatic heterocycles. The van der Waals surface area contributed by atoms with E-state index in [0.29, 0.717) is 5.82 Å². The van der Waals surface area contributed by atoms with Crippen molar-refractivity contribution >= 4 is 10.9 Å². The molecule has 0 saturated heterocycles. The minimum absolute atomic E-state index is 0.242. The van der Waals surface area contributed by atoms with E-state index in [1.54, 1.807) is 0 Å². The maximum atomic E-state index is 4.77. The van der Waals surface area contributed by atoms with E-state index < -0.39 is 0 Å². The van der Waals surface area contributed by atoms with Crippen LogP contribution in [0.15, 0.2) is 36.7 Å². The summed E-state index contributed by atoms with van der Waals surface area (Å²) >= 11 is 0. The highest BCUT2D eigenvalue weighted by Gasteiger charge is 2.20. The summed E-state index contributed by atoms with van der Waals surface area (Å²) in [5.74, 6) is 2.86. The van der Waals surface area contributed by atoms with Gasteiger partial charge in [0.05, 0.1) is 12.4 Å². The van der Waals surface area contributed by atoms with Crippen LogP contribution in [0.25, 0.3) is 33.5 Å². The van der Waals surface area contributed by atoms with Gasteiger partial charge in [0.15, 0.2) is 11.3 Å². The number of aromatic nitrogens is 5. The van der Waals surface area contributed by atoms with Crippen LogP contribution in [-0.2, 0) is 7.05 Å². The third kappa shape index (κ3) is 3.99. The molecule has 32 heavy (non-hydrogen) atoms. The van der Waals surface area contributed by atoms with Crippen LogP contribution in [0, 0.1) is 20.8 Å². The quantitative estimate of drug-likeness (QED) is 0.390. The van der Waals surface area contributed by atoms with Crippen LogP contribution in [0.4, 0.5) is 0 Å². The molecule has 4 rings (SSSR count). The Morgan fingerprint density at radius 1 is 0.812 bits per heavy atom. The van der Waals surface area contributed by atoms with Crippen LogP contribution < -0.4 is 4.57 Å². The Bertz CT molecular complexity index is 1300. The Labute approximate surface area is 190 Å². The lowest BCUT2D eigenvalue weighted by atomic mass is 9.95. The smallest absolute Gasteiger partial charge is 0.232 e. The average Bonchev–Trinajstić information content (AvgIpc) is 2.75. The zero-order valence-corrected chi connectivity index (χ0v) is 20.4. The Hall–Kier alpha value is -3.21. The van der Waals surface area contributed by atoms with Crippen molar-refractivity contribution in [3.63, 3.8) is 0 Å². The fourth-order valence-corrected chi connectivity index (χ4v) is 4.05. The van der Waals surface area contributed by atoms with Crippen molar-refractivity contribution in [3.05, 3.63) is 65.0 Å². The maximum absolute atomic E-state index is 4.77. The first-order chi connectivity index (χ1) is 15.2. The molecule has 0 fully saturated rings. The molecular weight excluding hydrogens is 394 g/mol. The van der Waals surface area contributed by atoms with Crippen LogP contribution in [0.2, 0.25) is 0 Å². The molecule has 0 atom stereocenters. The molecule has 2 aromatic carbocycles. The minimum atomic E-state index is 0.242. The van der Waals surface area contributed by atoms with E-state index in [2.05, 4.69) is 95.4 Å². The van der Waals surface area contributed by atoms with Gasteiger partial charge in [0.2, 0.25) is 0 Å². The molecular formula is C27H32N5+. The Kier molecular flexibility index (Phi) is 5.76. The molecule has 5 heteroatoms. The summed E-state index contributed by atoms with van der Waals surface area (Å²) in [4.78, 5) is 19.0. The van der Waals surface area contributed by atoms with E-state index in [-0.39, 0.29) is 11.8 Å². The maximum Gasteiger partial charge on any atom is 0.287 e. The van der Waals surface area contributed by atoms with E-state index >= 15 is 0 Å². The first kappa shape index (κ1) is 22.0. The largest absolute Gasteiger partial charge is 0.287 e. The van der Waals surface area contributed by atoms with Gasteiger partial charge in [-0.1, -0.05) is 45.4 Å². The van der Waals surface area contributed by atoms with Crippen LogP contribution in [-0.4, -0.2) is 19.9 Å². The predicted octanol–water partition coefficient (Wildman–Crippen LogP) is 5.75. The molecule has 0 aliphatic carbocycles. The van der Waals surface area contributed by atoms with Crippen molar-refractivity contribution in [2.75, 3.05) is 0 Å². The van der Waals surface area contributed by atoms with Gasteiger partial charge >= 0.3 is 0 Å². The zero-order chi connectivity index (χ0) is 23.2. The average molecular weight is 427 g/mol. The molecule has 5 nitrogen and oxygen atoms in total. The molecule has 0 aliphatic heterocycles. The van der Waals surface area contributed by atoms with Crippen molar-refractivity contribution in [2.24, 2.45) is 7.05 Å². The molecule has 0 saturated carbocycles. The van der Waals surface area contributed by atoms with Gasteiger partial charge in [-0.15, -0.1) is 0 Å². The topological polar surface area (TPSA) is 55.4 Å². The van der Waals surface area contributed by atoms with E-state index in [1.165, 1.54) is 27.9 Å². The van der Waals surface area contributed by atoms with Gasteiger partial charge < -0.3 is 0 Å². The van der Waals surface area contributed by atoms with Gasteiger partial charge in [-0.05, 0) is 49.0 Å². The second-order valence-electron chi connectivity index (χ2n) is 9.38. The van der Waals surface area contributed by atoms with Crippen LogP contribution in [0.3, 0.4) is 0 Å². The lowest BCUT2D eigenvalue weighted by molar-refractivity contribution is -0.662. The summed E-state index contributed by atoms with van der Waals surface area (Å²) in [5.41, 5.74) is 8.18. The fourth-order valence-electron chi connectivity index (χ4n) is 4.05. The minimum Gasteiger partial charge on any atom is -0.232 e. The number of rotatable bonds is 4. The zero-order valence-electron chi connectivity index (χ0n) is 20.4. The molecule has 0 spiro atoms. The summed E-state index contributed by atoms with van der Waals surface area (Å²) in [6.45, 7) is 15.0. The van der Waals surface area contributed by atoms with Crippen molar-refractivity contribution in [2.45, 2.75) is 60.3 Å². The molecule has 4 aromatic rings. The highest BCUT2D eigenvalue weighted by Crippen LogP contribution is 2.31. The summed E-state index contributed by atoms with van der Waals surface area (Å²) in [6.07, 6.45) is 1.89. The van der Waals surface area contributed by atoms with Gasteiger partial charge in [0.25, 0.3) is 6.33 Å². The number of nitrogens with zero attached hydrogens (tertiary/aromatic N) is 5. The summed E-state index contributed by atoms with van der Waals surface area (Å²) < 4.78 is 2.11. The van der Waals surface area contributed by atoms with Gasteiger partial charge in [0, 0.05) is 29.0 Å². The lowest BCUT2D eigenvalue weighted by Crippen LogP contribution is -2.32. The van der Waals surface area contributed by atoms with Gasteiger partial charge in [0.1, 0.15) is 17.3 Å². The van der Waals surface area contributed by atoms with Crippen LogP contribution >= 0.6 is 0 Å². The second kappa shape index (κ2) is 8.38. The Morgan fingerprint density at radius 2 is 1.47 bits per heavy atom. The molecule has 2 heterocycles. The number of aryl methyl sites for hydroxylation is 3. The number of benzene rings is 2. The van der Waals surface area contributed by atoms with E-state index in [0.717, 1.165) is 28.1 Å². The Morgan fingerprint density at radius 3 is 2.09 bits per heavy atom. The van der Waals surface area contributed by atoms with Gasteiger partial charge in [-0.2, -0.15) is 0 Å². The van der Waals surface area contributed by atoms with Crippen molar-refractivity contribution in [3.8, 4) is 22.6 Å². The molecule has 0 aliphatic rings. The third-order valence-corrected chi connectivity index (χ3v) is 6.00. The van der Waals surface area contributed by atoms with Crippen molar-refractivity contribution in [1.29, 1.82) is 0 Å². The number of hydrogen-bond donors (Lipinski definition) is 0. The molecule has 0 bridgehead atoms. The molecule has 164 valence electrons. The third-order valence-electron chi connectivity index (χ3n) is 6.00. The van der Waals surface area contributed by atoms with Crippen molar-refractivity contribution in [1.82, 2.24) is 19.9 Å². The predicted molar refractivity (Wildman–Crippen MR) is 130 cm³/mol. The number of hydrogen-bond acceptors (Lipinski definition) is 4. The van der Waals surface area contributed by atoms with E-state index in [4.69, 9.17) is 15.0 Å².